The van der Waals surface area contributed by atoms with E-state index in [1.807, 2.05) is 38.8 Å². The zero-order valence-electron chi connectivity index (χ0n) is 11.3. The van der Waals surface area contributed by atoms with Crippen LogP contribution < -0.4 is 0 Å². The zero-order chi connectivity index (χ0) is 13.7. The van der Waals surface area contributed by atoms with Gasteiger partial charge in [0, 0.05) is 53.2 Å². The first-order valence-electron chi connectivity index (χ1n) is 6.44. The van der Waals surface area contributed by atoms with Crippen molar-refractivity contribution in [1.82, 2.24) is 24.7 Å². The Morgan fingerprint density at radius 3 is 2.50 bits per heavy atom. The molecule has 0 saturated heterocycles. The lowest BCUT2D eigenvalue weighted by atomic mass is 10.2. The molecule has 0 aromatic carbocycles. The molecule has 4 rings (SSSR count). The number of fused-ring (bicyclic) bond motifs is 3. The average Bonchev–Trinajstić information content (AvgIpc) is 3.00. The number of nitrogens with zero attached hydrogens (tertiary/aromatic N) is 4. The Morgan fingerprint density at radius 1 is 1.00 bits per heavy atom. The Hall–Kier alpha value is -2.69. The number of nitrogens with one attached hydrogen (secondary N) is 1. The van der Waals surface area contributed by atoms with E-state index in [4.69, 9.17) is 0 Å². The highest BCUT2D eigenvalue weighted by atomic mass is 15.2. The molecule has 0 aliphatic heterocycles. The summed E-state index contributed by atoms with van der Waals surface area (Å²) in [4.78, 5) is 12.3. The first-order chi connectivity index (χ1) is 9.70. The van der Waals surface area contributed by atoms with Crippen LogP contribution in [0.5, 0.6) is 0 Å². The van der Waals surface area contributed by atoms with E-state index in [0.29, 0.717) is 0 Å². The van der Waals surface area contributed by atoms with Crippen LogP contribution in [0.25, 0.3) is 33.1 Å². The second-order valence-corrected chi connectivity index (χ2v) is 5.01. The van der Waals surface area contributed by atoms with Gasteiger partial charge in [0.05, 0.1) is 17.4 Å². The molecule has 4 aromatic rings. The Kier molecular flexibility index (Phi) is 2.18. The van der Waals surface area contributed by atoms with Crippen LogP contribution in [0.15, 0.2) is 36.9 Å². The molecule has 1 N–H and O–H groups in total. The predicted molar refractivity (Wildman–Crippen MR) is 78.3 cm³/mol. The molecule has 0 aliphatic rings. The maximum Gasteiger partial charge on any atom is 0.0754 e. The van der Waals surface area contributed by atoms with Crippen LogP contribution >= 0.6 is 0 Å². The van der Waals surface area contributed by atoms with E-state index in [-0.39, 0.29) is 0 Å². The largest absolute Gasteiger partial charge is 0.354 e. The molecule has 0 saturated carbocycles. The third kappa shape index (κ3) is 1.60. The van der Waals surface area contributed by atoms with E-state index < -0.39 is 0 Å². The molecule has 5 heteroatoms. The minimum Gasteiger partial charge on any atom is -0.354 e. The summed E-state index contributed by atoms with van der Waals surface area (Å²) in [6.45, 7) is 1.99. The van der Waals surface area contributed by atoms with Crippen molar-refractivity contribution >= 4 is 21.8 Å². The van der Waals surface area contributed by atoms with E-state index in [0.717, 1.165) is 38.8 Å². The van der Waals surface area contributed by atoms with Crippen molar-refractivity contribution in [2.45, 2.75) is 6.92 Å². The number of rotatable bonds is 1. The standard InChI is InChI=1S/C15H13N5/c1-9-3-14-11(6-16-9)12-7-17-13(4-15(12)19-14)10-5-18-20(2)8-10/h3-8,19H,1-2H3. The number of hydrogen-bond acceptors (Lipinski definition) is 3. The lowest BCUT2D eigenvalue weighted by Gasteiger charge is -1.96. The number of hydrogen-bond donors (Lipinski definition) is 1. The summed E-state index contributed by atoms with van der Waals surface area (Å²) in [5, 5.41) is 6.39. The lowest BCUT2D eigenvalue weighted by Crippen LogP contribution is -1.84. The quantitative estimate of drug-likeness (QED) is 0.574. The smallest absolute Gasteiger partial charge is 0.0754 e. The molecule has 0 unspecified atom stereocenters. The fourth-order valence-electron chi connectivity index (χ4n) is 2.51. The molecule has 0 bridgehead atoms. The molecule has 4 aromatic heterocycles. The third-order valence-corrected chi connectivity index (χ3v) is 3.50. The Labute approximate surface area is 115 Å². The van der Waals surface area contributed by atoms with Gasteiger partial charge in [-0.05, 0) is 19.1 Å². The van der Waals surface area contributed by atoms with Crippen molar-refractivity contribution in [2.75, 3.05) is 0 Å². The van der Waals surface area contributed by atoms with Gasteiger partial charge in [-0.3, -0.25) is 14.6 Å². The third-order valence-electron chi connectivity index (χ3n) is 3.50. The topological polar surface area (TPSA) is 59.4 Å². The molecule has 4 heterocycles. The van der Waals surface area contributed by atoms with Crippen molar-refractivity contribution in [2.24, 2.45) is 7.05 Å². The first-order valence-corrected chi connectivity index (χ1v) is 6.44. The summed E-state index contributed by atoms with van der Waals surface area (Å²) < 4.78 is 1.78. The molecule has 20 heavy (non-hydrogen) atoms. The number of H-pyrrole nitrogens is 1. The van der Waals surface area contributed by atoms with Gasteiger partial charge in [-0.1, -0.05) is 0 Å². The van der Waals surface area contributed by atoms with Crippen LogP contribution in [0.1, 0.15) is 5.69 Å². The summed E-state index contributed by atoms with van der Waals surface area (Å²) in [6.07, 6.45) is 7.58. The van der Waals surface area contributed by atoms with Crippen LogP contribution in [0.4, 0.5) is 0 Å². The number of aromatic amines is 1. The van der Waals surface area contributed by atoms with E-state index >= 15 is 0 Å². The van der Waals surface area contributed by atoms with Crippen molar-refractivity contribution in [1.29, 1.82) is 0 Å². The molecule has 0 spiro atoms. The van der Waals surface area contributed by atoms with Gasteiger partial charge in [-0.15, -0.1) is 0 Å². The van der Waals surface area contributed by atoms with Crippen LogP contribution in [0.3, 0.4) is 0 Å². The summed E-state index contributed by atoms with van der Waals surface area (Å²) in [7, 11) is 1.90. The minimum absolute atomic E-state index is 0.918. The predicted octanol–water partition coefficient (Wildman–Crippen LogP) is 2.82. The number of aryl methyl sites for hydroxylation is 2. The van der Waals surface area contributed by atoms with Crippen LogP contribution in [-0.4, -0.2) is 24.7 Å². The molecule has 98 valence electrons. The second kappa shape index (κ2) is 3.90. The van der Waals surface area contributed by atoms with Gasteiger partial charge in [0.25, 0.3) is 0 Å². The summed E-state index contributed by atoms with van der Waals surface area (Å²) in [5.74, 6) is 0. The van der Waals surface area contributed by atoms with E-state index in [2.05, 4.69) is 32.2 Å². The minimum atomic E-state index is 0.918. The molecule has 0 radical (unpaired) electrons. The molecule has 0 atom stereocenters. The number of pyridine rings is 2. The Morgan fingerprint density at radius 2 is 1.75 bits per heavy atom. The average molecular weight is 263 g/mol. The first kappa shape index (κ1) is 11.2. The maximum atomic E-state index is 4.53. The van der Waals surface area contributed by atoms with Crippen molar-refractivity contribution < 1.29 is 0 Å². The Balaban J connectivity index is 1.97. The Bertz CT molecular complexity index is 932. The number of aromatic nitrogens is 5. The normalized spacial score (nSPS) is 11.5. The molecule has 5 nitrogen and oxygen atoms in total. The zero-order valence-corrected chi connectivity index (χ0v) is 11.3. The SMILES string of the molecule is Cc1cc2[nH]c3cc(-c4cnn(C)c4)ncc3c2cn1. The highest BCUT2D eigenvalue weighted by Crippen LogP contribution is 2.27. The summed E-state index contributed by atoms with van der Waals surface area (Å²) in [5.41, 5.74) is 5.10. The van der Waals surface area contributed by atoms with Gasteiger partial charge < -0.3 is 4.98 Å². The lowest BCUT2D eigenvalue weighted by molar-refractivity contribution is 0.768. The maximum absolute atomic E-state index is 4.53. The fourth-order valence-corrected chi connectivity index (χ4v) is 2.51. The van der Waals surface area contributed by atoms with Gasteiger partial charge in [-0.25, -0.2) is 0 Å². The van der Waals surface area contributed by atoms with Crippen LogP contribution in [-0.2, 0) is 7.05 Å². The van der Waals surface area contributed by atoms with Gasteiger partial charge in [0.2, 0.25) is 0 Å². The van der Waals surface area contributed by atoms with E-state index in [9.17, 15) is 0 Å². The van der Waals surface area contributed by atoms with Crippen LogP contribution in [0, 0.1) is 6.92 Å². The molecule has 0 aliphatic carbocycles. The summed E-state index contributed by atoms with van der Waals surface area (Å²) >= 11 is 0. The fraction of sp³-hybridized carbons (Fsp3) is 0.133. The van der Waals surface area contributed by atoms with Crippen molar-refractivity contribution in [3.05, 3.63) is 42.6 Å². The highest BCUT2D eigenvalue weighted by molar-refractivity contribution is 6.07. The molecular formula is C15H13N5. The van der Waals surface area contributed by atoms with Gasteiger partial charge in [0.15, 0.2) is 0 Å². The second-order valence-electron chi connectivity index (χ2n) is 5.01. The van der Waals surface area contributed by atoms with Gasteiger partial charge in [0.1, 0.15) is 0 Å². The highest BCUT2D eigenvalue weighted by Gasteiger charge is 2.08. The van der Waals surface area contributed by atoms with Crippen molar-refractivity contribution in [3.8, 4) is 11.3 Å². The van der Waals surface area contributed by atoms with Gasteiger partial charge in [-0.2, -0.15) is 5.10 Å². The molecule has 0 fully saturated rings. The van der Waals surface area contributed by atoms with Crippen molar-refractivity contribution in [3.63, 3.8) is 0 Å². The van der Waals surface area contributed by atoms with E-state index in [1.54, 1.807) is 4.68 Å². The molecular weight excluding hydrogens is 250 g/mol. The summed E-state index contributed by atoms with van der Waals surface area (Å²) in [6, 6.07) is 4.11. The monoisotopic (exact) mass is 263 g/mol. The van der Waals surface area contributed by atoms with Crippen LogP contribution in [0.2, 0.25) is 0 Å². The van der Waals surface area contributed by atoms with Gasteiger partial charge >= 0.3 is 0 Å². The van der Waals surface area contributed by atoms with E-state index in [1.165, 1.54) is 0 Å². The molecule has 0 amide bonds.